The number of aromatic nitrogens is 1. The largest absolute Gasteiger partial charge is 0.497 e. The van der Waals surface area contributed by atoms with Crippen LogP contribution in [0, 0.1) is 0 Å². The van der Waals surface area contributed by atoms with E-state index in [1.807, 2.05) is 29.1 Å². The molecule has 0 atom stereocenters. The number of carbonyl (C=O) groups excluding carboxylic acids is 1. The Balaban J connectivity index is 1.93. The van der Waals surface area contributed by atoms with Gasteiger partial charge in [0.05, 0.1) is 30.5 Å². The lowest BCUT2D eigenvalue weighted by molar-refractivity contribution is 0.102. The van der Waals surface area contributed by atoms with E-state index < -0.39 is 0 Å². The highest BCUT2D eigenvalue weighted by atomic mass is 35.5. The van der Waals surface area contributed by atoms with Crippen LogP contribution in [-0.4, -0.2) is 24.7 Å². The molecule has 0 spiro atoms. The lowest BCUT2D eigenvalue weighted by atomic mass is 10.1. The summed E-state index contributed by atoms with van der Waals surface area (Å²) in [6.45, 7) is 0. The highest BCUT2D eigenvalue weighted by Gasteiger charge is 2.17. The molecule has 128 valence electrons. The Morgan fingerprint density at radius 1 is 1.04 bits per heavy atom. The van der Waals surface area contributed by atoms with Gasteiger partial charge in [-0.2, -0.15) is 0 Å². The Morgan fingerprint density at radius 2 is 1.80 bits per heavy atom. The first kappa shape index (κ1) is 16.9. The van der Waals surface area contributed by atoms with E-state index in [-0.39, 0.29) is 5.91 Å². The van der Waals surface area contributed by atoms with Crippen LogP contribution >= 0.6 is 11.6 Å². The first-order chi connectivity index (χ1) is 12.1. The number of benzene rings is 2. The molecule has 0 saturated heterocycles. The molecule has 1 aromatic heterocycles. The molecule has 0 radical (unpaired) electrons. The van der Waals surface area contributed by atoms with Gasteiger partial charge in [0.15, 0.2) is 0 Å². The van der Waals surface area contributed by atoms with Crippen LogP contribution in [0.3, 0.4) is 0 Å². The Kier molecular flexibility index (Phi) is 4.95. The number of carbonyl (C=O) groups is 1. The van der Waals surface area contributed by atoms with Crippen molar-refractivity contribution in [3.05, 3.63) is 71.5 Å². The summed E-state index contributed by atoms with van der Waals surface area (Å²) in [4.78, 5) is 12.6. The monoisotopic (exact) mass is 356 g/mol. The molecule has 0 bridgehead atoms. The molecule has 0 aliphatic heterocycles. The van der Waals surface area contributed by atoms with Gasteiger partial charge in [-0.15, -0.1) is 0 Å². The Labute approximate surface area is 150 Å². The molecule has 3 rings (SSSR count). The molecular weight excluding hydrogens is 340 g/mol. The topological polar surface area (TPSA) is 52.5 Å². The fraction of sp³-hybridized carbons (Fsp3) is 0.105. The van der Waals surface area contributed by atoms with E-state index in [4.69, 9.17) is 21.1 Å². The molecular formula is C19H17ClN2O3. The molecule has 1 N–H and O–H groups in total. The number of nitrogens with zero attached hydrogens (tertiary/aromatic N) is 1. The third kappa shape index (κ3) is 3.61. The summed E-state index contributed by atoms with van der Waals surface area (Å²) in [6.07, 6.45) is 3.74. The average Bonchev–Trinajstić information content (AvgIpc) is 3.16. The minimum Gasteiger partial charge on any atom is -0.497 e. The number of ether oxygens (including phenoxy) is 2. The minimum atomic E-state index is -0.314. The summed E-state index contributed by atoms with van der Waals surface area (Å²) in [6, 6.07) is 14.3. The Hall–Kier alpha value is -2.92. The van der Waals surface area contributed by atoms with Crippen LogP contribution in [0.15, 0.2) is 60.9 Å². The molecule has 1 amide bonds. The standard InChI is InChI=1S/C19H17ClN2O3/c1-24-14-7-5-6-13(10-14)21-19(23)15-11-16(20)17(12-18(15)25-2)22-8-3-4-9-22/h3-12H,1-2H3,(H,21,23). The molecule has 0 saturated carbocycles. The number of hydrogen-bond donors (Lipinski definition) is 1. The van der Waals surface area contributed by atoms with Gasteiger partial charge in [-0.1, -0.05) is 17.7 Å². The molecule has 2 aromatic carbocycles. The molecule has 25 heavy (non-hydrogen) atoms. The van der Waals surface area contributed by atoms with Crippen LogP contribution in [0.5, 0.6) is 11.5 Å². The van der Waals surface area contributed by atoms with E-state index in [0.29, 0.717) is 27.8 Å². The van der Waals surface area contributed by atoms with Gasteiger partial charge in [0.25, 0.3) is 5.91 Å². The van der Waals surface area contributed by atoms with Gasteiger partial charge in [-0.3, -0.25) is 4.79 Å². The highest BCUT2D eigenvalue weighted by molar-refractivity contribution is 6.33. The van der Waals surface area contributed by atoms with Gasteiger partial charge in [0.1, 0.15) is 11.5 Å². The molecule has 3 aromatic rings. The number of methoxy groups -OCH3 is 2. The summed E-state index contributed by atoms with van der Waals surface area (Å²) >= 11 is 6.37. The summed E-state index contributed by atoms with van der Waals surface area (Å²) in [5.74, 6) is 0.783. The first-order valence-corrected chi connectivity index (χ1v) is 7.96. The predicted molar refractivity (Wildman–Crippen MR) is 98.3 cm³/mol. The number of rotatable bonds is 5. The highest BCUT2D eigenvalue weighted by Crippen LogP contribution is 2.30. The second kappa shape index (κ2) is 7.32. The summed E-state index contributed by atoms with van der Waals surface area (Å²) in [5, 5.41) is 3.28. The third-order valence-corrected chi connectivity index (χ3v) is 4.03. The van der Waals surface area contributed by atoms with E-state index in [9.17, 15) is 4.79 Å². The number of anilines is 1. The minimum absolute atomic E-state index is 0.314. The predicted octanol–water partition coefficient (Wildman–Crippen LogP) is 4.40. The van der Waals surface area contributed by atoms with Crippen LogP contribution < -0.4 is 14.8 Å². The van der Waals surface area contributed by atoms with Crippen molar-refractivity contribution in [2.75, 3.05) is 19.5 Å². The maximum Gasteiger partial charge on any atom is 0.259 e. The van der Waals surface area contributed by atoms with Crippen molar-refractivity contribution in [1.82, 2.24) is 4.57 Å². The van der Waals surface area contributed by atoms with Crippen LogP contribution in [-0.2, 0) is 0 Å². The molecule has 0 aliphatic carbocycles. The van der Waals surface area contributed by atoms with Gasteiger partial charge in [0, 0.05) is 30.2 Å². The smallest absolute Gasteiger partial charge is 0.259 e. The third-order valence-electron chi connectivity index (χ3n) is 3.72. The second-order valence-corrected chi connectivity index (χ2v) is 5.69. The van der Waals surface area contributed by atoms with Gasteiger partial charge in [0.2, 0.25) is 0 Å². The van der Waals surface area contributed by atoms with E-state index in [2.05, 4.69) is 5.32 Å². The quantitative estimate of drug-likeness (QED) is 0.737. The zero-order valence-corrected chi connectivity index (χ0v) is 14.6. The molecule has 6 heteroatoms. The molecule has 0 unspecified atom stereocenters. The van der Waals surface area contributed by atoms with Gasteiger partial charge in [-0.25, -0.2) is 0 Å². The van der Waals surface area contributed by atoms with E-state index in [0.717, 1.165) is 5.69 Å². The lowest BCUT2D eigenvalue weighted by Crippen LogP contribution is -2.13. The number of amides is 1. The number of hydrogen-bond acceptors (Lipinski definition) is 3. The van der Waals surface area contributed by atoms with Gasteiger partial charge >= 0.3 is 0 Å². The zero-order valence-electron chi connectivity index (χ0n) is 13.8. The van der Waals surface area contributed by atoms with E-state index >= 15 is 0 Å². The Morgan fingerprint density at radius 3 is 2.48 bits per heavy atom. The maximum atomic E-state index is 12.6. The van der Waals surface area contributed by atoms with Crippen molar-refractivity contribution in [2.45, 2.75) is 0 Å². The SMILES string of the molecule is COc1cccc(NC(=O)c2cc(Cl)c(-n3cccc3)cc2OC)c1. The molecule has 5 nitrogen and oxygen atoms in total. The lowest BCUT2D eigenvalue weighted by Gasteiger charge is -2.14. The van der Waals surface area contributed by atoms with E-state index in [1.54, 1.807) is 43.5 Å². The normalized spacial score (nSPS) is 10.4. The second-order valence-electron chi connectivity index (χ2n) is 5.28. The van der Waals surface area contributed by atoms with Crippen LogP contribution in [0.4, 0.5) is 5.69 Å². The van der Waals surface area contributed by atoms with Crippen LogP contribution in [0.1, 0.15) is 10.4 Å². The van der Waals surface area contributed by atoms with Crippen molar-refractivity contribution in [2.24, 2.45) is 0 Å². The summed E-state index contributed by atoms with van der Waals surface area (Å²) in [7, 11) is 3.09. The average molecular weight is 357 g/mol. The number of halogens is 1. The van der Waals surface area contributed by atoms with Crippen molar-refractivity contribution in [3.63, 3.8) is 0 Å². The van der Waals surface area contributed by atoms with Crippen molar-refractivity contribution < 1.29 is 14.3 Å². The number of nitrogens with one attached hydrogen (secondary N) is 1. The van der Waals surface area contributed by atoms with Crippen LogP contribution in [0.2, 0.25) is 5.02 Å². The fourth-order valence-electron chi connectivity index (χ4n) is 2.48. The Bertz CT molecular complexity index is 892. The maximum absolute atomic E-state index is 12.6. The van der Waals surface area contributed by atoms with E-state index in [1.165, 1.54) is 7.11 Å². The zero-order chi connectivity index (χ0) is 17.8. The molecule has 0 fully saturated rings. The first-order valence-electron chi connectivity index (χ1n) is 7.58. The fourth-order valence-corrected chi connectivity index (χ4v) is 2.74. The van der Waals surface area contributed by atoms with Crippen molar-refractivity contribution in [1.29, 1.82) is 0 Å². The van der Waals surface area contributed by atoms with Gasteiger partial charge in [-0.05, 0) is 30.3 Å². The van der Waals surface area contributed by atoms with Crippen molar-refractivity contribution >= 4 is 23.2 Å². The molecule has 0 aliphatic rings. The van der Waals surface area contributed by atoms with Crippen LogP contribution in [0.25, 0.3) is 5.69 Å². The van der Waals surface area contributed by atoms with Crippen molar-refractivity contribution in [3.8, 4) is 17.2 Å². The van der Waals surface area contributed by atoms with Gasteiger partial charge < -0.3 is 19.4 Å². The molecule has 1 heterocycles. The summed E-state index contributed by atoms with van der Waals surface area (Å²) in [5.41, 5.74) is 1.71. The summed E-state index contributed by atoms with van der Waals surface area (Å²) < 4.78 is 12.4.